The maximum absolute atomic E-state index is 5.58. The fourth-order valence-corrected chi connectivity index (χ4v) is 1.99. The van der Waals surface area contributed by atoms with Gasteiger partial charge in [0.15, 0.2) is 0 Å². The minimum Gasteiger partial charge on any atom is -0.369 e. The van der Waals surface area contributed by atoms with Crippen LogP contribution in [0.2, 0.25) is 0 Å². The summed E-state index contributed by atoms with van der Waals surface area (Å²) in [4.78, 5) is 5.56. The molecule has 0 amide bonds. The fraction of sp³-hybridized carbons (Fsp3) is 0.625. The van der Waals surface area contributed by atoms with E-state index in [1.807, 2.05) is 5.51 Å². The zero-order chi connectivity index (χ0) is 8.39. The highest BCUT2D eigenvalue weighted by molar-refractivity contribution is 7.09. The van der Waals surface area contributed by atoms with Crippen LogP contribution in [0, 0.1) is 6.92 Å². The van der Waals surface area contributed by atoms with Gasteiger partial charge in [0.1, 0.15) is 6.10 Å². The zero-order valence-electron chi connectivity index (χ0n) is 7.04. The number of aryl methyl sites for hydroxylation is 1. The van der Waals surface area contributed by atoms with Crippen molar-refractivity contribution in [3.05, 3.63) is 16.1 Å². The minimum absolute atomic E-state index is 0.171. The summed E-state index contributed by atoms with van der Waals surface area (Å²) in [5, 5.41) is 3.29. The number of nitrogens with one attached hydrogen (secondary N) is 1. The van der Waals surface area contributed by atoms with Crippen molar-refractivity contribution in [2.24, 2.45) is 0 Å². The molecule has 0 bridgehead atoms. The summed E-state index contributed by atoms with van der Waals surface area (Å²) in [7, 11) is 0. The average Bonchev–Trinajstić information content (AvgIpc) is 2.53. The Kier molecular flexibility index (Phi) is 2.39. The first kappa shape index (κ1) is 8.16. The van der Waals surface area contributed by atoms with Crippen LogP contribution in [0.1, 0.15) is 16.7 Å². The SMILES string of the molecule is Cc1scnc1C1CNCCO1. The second kappa shape index (κ2) is 3.51. The molecular formula is C8H12N2OS. The van der Waals surface area contributed by atoms with Crippen molar-refractivity contribution >= 4 is 11.3 Å². The lowest BCUT2D eigenvalue weighted by molar-refractivity contribution is 0.0250. The van der Waals surface area contributed by atoms with Gasteiger partial charge >= 0.3 is 0 Å². The van der Waals surface area contributed by atoms with Crippen LogP contribution in [0.4, 0.5) is 0 Å². The van der Waals surface area contributed by atoms with Gasteiger partial charge in [0, 0.05) is 18.0 Å². The van der Waals surface area contributed by atoms with Crippen LogP contribution >= 0.6 is 11.3 Å². The molecule has 3 nitrogen and oxygen atoms in total. The summed E-state index contributed by atoms with van der Waals surface area (Å²) in [5.41, 5.74) is 2.98. The third-order valence-corrected chi connectivity index (χ3v) is 2.79. The molecule has 0 saturated carbocycles. The van der Waals surface area contributed by atoms with Crippen molar-refractivity contribution in [2.45, 2.75) is 13.0 Å². The van der Waals surface area contributed by atoms with Gasteiger partial charge < -0.3 is 10.1 Å². The second-order valence-electron chi connectivity index (χ2n) is 2.86. The molecule has 4 heteroatoms. The third-order valence-electron chi connectivity index (χ3n) is 2.01. The van der Waals surface area contributed by atoms with E-state index in [2.05, 4.69) is 17.2 Å². The fourth-order valence-electron chi connectivity index (χ4n) is 1.36. The van der Waals surface area contributed by atoms with E-state index in [1.54, 1.807) is 11.3 Å². The van der Waals surface area contributed by atoms with Crippen molar-refractivity contribution in [2.75, 3.05) is 19.7 Å². The van der Waals surface area contributed by atoms with E-state index in [0.717, 1.165) is 25.4 Å². The Labute approximate surface area is 75.8 Å². The van der Waals surface area contributed by atoms with Gasteiger partial charge in [-0.15, -0.1) is 11.3 Å². The summed E-state index contributed by atoms with van der Waals surface area (Å²) in [6.45, 7) is 4.73. The third kappa shape index (κ3) is 1.50. The largest absolute Gasteiger partial charge is 0.369 e. The van der Waals surface area contributed by atoms with Gasteiger partial charge in [-0.3, -0.25) is 0 Å². The van der Waals surface area contributed by atoms with Crippen molar-refractivity contribution in [3.8, 4) is 0 Å². The van der Waals surface area contributed by atoms with Crippen molar-refractivity contribution in [1.82, 2.24) is 10.3 Å². The van der Waals surface area contributed by atoms with Gasteiger partial charge in [-0.1, -0.05) is 0 Å². The lowest BCUT2D eigenvalue weighted by atomic mass is 10.2. The van der Waals surface area contributed by atoms with E-state index >= 15 is 0 Å². The van der Waals surface area contributed by atoms with Crippen molar-refractivity contribution in [1.29, 1.82) is 0 Å². The lowest BCUT2D eigenvalue weighted by Gasteiger charge is -2.22. The predicted octanol–water partition coefficient (Wildman–Crippen LogP) is 1.11. The Hall–Kier alpha value is -0.450. The molecule has 66 valence electrons. The van der Waals surface area contributed by atoms with Gasteiger partial charge in [0.25, 0.3) is 0 Å². The Balaban J connectivity index is 2.13. The van der Waals surface area contributed by atoms with E-state index in [-0.39, 0.29) is 6.10 Å². The van der Waals surface area contributed by atoms with Crippen LogP contribution in [0.3, 0.4) is 0 Å². The minimum atomic E-state index is 0.171. The van der Waals surface area contributed by atoms with Crippen molar-refractivity contribution in [3.63, 3.8) is 0 Å². The van der Waals surface area contributed by atoms with Crippen LogP contribution in [0.5, 0.6) is 0 Å². The maximum Gasteiger partial charge on any atom is 0.113 e. The van der Waals surface area contributed by atoms with Crippen LogP contribution in [0.15, 0.2) is 5.51 Å². The molecule has 1 aromatic rings. The monoisotopic (exact) mass is 184 g/mol. The topological polar surface area (TPSA) is 34.2 Å². The van der Waals surface area contributed by atoms with Gasteiger partial charge in [-0.2, -0.15) is 0 Å². The molecule has 1 fully saturated rings. The number of ether oxygens (including phenoxy) is 1. The van der Waals surface area contributed by atoms with Crippen LogP contribution in [-0.2, 0) is 4.74 Å². The first-order chi connectivity index (χ1) is 5.88. The molecule has 2 heterocycles. The molecule has 0 aliphatic carbocycles. The van der Waals surface area contributed by atoms with Crippen LogP contribution in [0.25, 0.3) is 0 Å². The van der Waals surface area contributed by atoms with E-state index in [1.165, 1.54) is 4.88 Å². The summed E-state index contributed by atoms with van der Waals surface area (Å²) in [6, 6.07) is 0. The number of aromatic nitrogens is 1. The number of hydrogen-bond donors (Lipinski definition) is 1. The molecule has 1 N–H and O–H groups in total. The van der Waals surface area contributed by atoms with E-state index in [4.69, 9.17) is 4.74 Å². The normalized spacial score (nSPS) is 24.2. The van der Waals surface area contributed by atoms with Crippen LogP contribution in [-0.4, -0.2) is 24.7 Å². The van der Waals surface area contributed by atoms with Gasteiger partial charge in [-0.25, -0.2) is 4.98 Å². The molecular weight excluding hydrogens is 172 g/mol. The average molecular weight is 184 g/mol. The Morgan fingerprint density at radius 2 is 2.67 bits per heavy atom. The lowest BCUT2D eigenvalue weighted by Crippen LogP contribution is -2.33. The Morgan fingerprint density at radius 3 is 3.25 bits per heavy atom. The molecule has 0 spiro atoms. The first-order valence-electron chi connectivity index (χ1n) is 4.10. The summed E-state index contributed by atoms with van der Waals surface area (Å²) < 4.78 is 5.58. The molecule has 1 aliphatic rings. The van der Waals surface area contributed by atoms with Crippen molar-refractivity contribution < 1.29 is 4.74 Å². The molecule has 1 unspecified atom stereocenters. The highest BCUT2D eigenvalue weighted by Gasteiger charge is 2.19. The maximum atomic E-state index is 5.58. The number of morpholine rings is 1. The first-order valence-corrected chi connectivity index (χ1v) is 4.98. The highest BCUT2D eigenvalue weighted by Crippen LogP contribution is 2.22. The Bertz CT molecular complexity index is 255. The molecule has 1 aliphatic heterocycles. The number of thiazole rings is 1. The molecule has 0 aromatic carbocycles. The zero-order valence-corrected chi connectivity index (χ0v) is 7.86. The quantitative estimate of drug-likeness (QED) is 0.710. The molecule has 0 radical (unpaired) electrons. The molecule has 1 atom stereocenters. The molecule has 1 aromatic heterocycles. The summed E-state index contributed by atoms with van der Waals surface area (Å²) >= 11 is 1.68. The molecule has 2 rings (SSSR count). The van der Waals surface area contributed by atoms with Crippen LogP contribution < -0.4 is 5.32 Å². The smallest absolute Gasteiger partial charge is 0.113 e. The van der Waals surface area contributed by atoms with Gasteiger partial charge in [-0.05, 0) is 6.92 Å². The number of nitrogens with zero attached hydrogens (tertiary/aromatic N) is 1. The molecule has 1 saturated heterocycles. The Morgan fingerprint density at radius 1 is 1.75 bits per heavy atom. The van der Waals surface area contributed by atoms with Gasteiger partial charge in [0.2, 0.25) is 0 Å². The highest BCUT2D eigenvalue weighted by atomic mass is 32.1. The standard InChI is InChI=1S/C8H12N2OS/c1-6-8(10-5-12-6)7-4-9-2-3-11-7/h5,7,9H,2-4H2,1H3. The number of rotatable bonds is 1. The summed E-state index contributed by atoms with van der Waals surface area (Å²) in [5.74, 6) is 0. The second-order valence-corrected chi connectivity index (χ2v) is 3.92. The van der Waals surface area contributed by atoms with E-state index in [0.29, 0.717) is 0 Å². The van der Waals surface area contributed by atoms with E-state index in [9.17, 15) is 0 Å². The predicted molar refractivity (Wildman–Crippen MR) is 48.4 cm³/mol. The van der Waals surface area contributed by atoms with Gasteiger partial charge in [0.05, 0.1) is 17.8 Å². The molecule has 12 heavy (non-hydrogen) atoms. The van der Waals surface area contributed by atoms with E-state index < -0.39 is 0 Å². The number of hydrogen-bond acceptors (Lipinski definition) is 4. The summed E-state index contributed by atoms with van der Waals surface area (Å²) in [6.07, 6.45) is 0.171.